The number of ether oxygens (including phenoxy) is 1. The number of benzene rings is 2. The number of nitrogens with one attached hydrogen (secondary N) is 2. The highest BCUT2D eigenvalue weighted by Crippen LogP contribution is 2.27. The highest BCUT2D eigenvalue weighted by atomic mass is 35.5. The summed E-state index contributed by atoms with van der Waals surface area (Å²) in [5, 5.41) is 3.26. The molecular formula is C14H14ClN3O2. The van der Waals surface area contributed by atoms with Crippen molar-refractivity contribution in [3.8, 4) is 5.75 Å². The van der Waals surface area contributed by atoms with E-state index in [2.05, 4.69) is 10.7 Å². The molecule has 0 fully saturated rings. The van der Waals surface area contributed by atoms with E-state index in [1.54, 1.807) is 42.5 Å². The van der Waals surface area contributed by atoms with Crippen molar-refractivity contribution in [3.05, 3.63) is 53.1 Å². The van der Waals surface area contributed by atoms with E-state index in [4.69, 9.17) is 22.2 Å². The van der Waals surface area contributed by atoms with Gasteiger partial charge in [-0.3, -0.25) is 10.6 Å². The Morgan fingerprint density at radius 2 is 1.80 bits per heavy atom. The molecule has 0 heterocycles. The first-order chi connectivity index (χ1) is 9.63. The summed E-state index contributed by atoms with van der Waals surface area (Å²) in [6.45, 7) is 0. The van der Waals surface area contributed by atoms with Crippen molar-refractivity contribution in [1.29, 1.82) is 0 Å². The van der Waals surface area contributed by atoms with Gasteiger partial charge in [0.2, 0.25) is 0 Å². The molecule has 2 rings (SSSR count). The number of carbonyl (C=O) groups is 1. The molecule has 20 heavy (non-hydrogen) atoms. The summed E-state index contributed by atoms with van der Waals surface area (Å²) >= 11 is 5.93. The first-order valence-electron chi connectivity index (χ1n) is 5.85. The van der Waals surface area contributed by atoms with Gasteiger partial charge in [-0.05, 0) is 36.4 Å². The fraction of sp³-hybridized carbons (Fsp3) is 0.0714. The topological polar surface area (TPSA) is 76.4 Å². The molecule has 2 aromatic carbocycles. The van der Waals surface area contributed by atoms with Gasteiger partial charge in [-0.2, -0.15) is 0 Å². The van der Waals surface area contributed by atoms with Crippen molar-refractivity contribution in [3.63, 3.8) is 0 Å². The molecular weight excluding hydrogens is 278 g/mol. The molecule has 0 aliphatic carbocycles. The largest absolute Gasteiger partial charge is 0.495 e. The average Bonchev–Trinajstić information content (AvgIpc) is 2.49. The number of nitrogen functional groups attached to an aromatic ring is 1. The van der Waals surface area contributed by atoms with Gasteiger partial charge in [0.15, 0.2) is 0 Å². The van der Waals surface area contributed by atoms with Gasteiger partial charge in [-0.1, -0.05) is 11.6 Å². The van der Waals surface area contributed by atoms with Crippen LogP contribution in [0.15, 0.2) is 42.5 Å². The van der Waals surface area contributed by atoms with Crippen LogP contribution in [0.25, 0.3) is 0 Å². The van der Waals surface area contributed by atoms with Gasteiger partial charge in [0.1, 0.15) is 5.75 Å². The predicted molar refractivity (Wildman–Crippen MR) is 80.2 cm³/mol. The summed E-state index contributed by atoms with van der Waals surface area (Å²) in [6, 6.07) is 11.8. The van der Waals surface area contributed by atoms with Gasteiger partial charge >= 0.3 is 0 Å². The third-order valence-corrected chi connectivity index (χ3v) is 3.03. The number of methoxy groups -OCH3 is 1. The Balaban J connectivity index is 2.14. The standard InChI is InChI=1S/C14H14ClN3O2/c1-20-13-8-11(6-7-12(13)15)17-14(19)9-2-4-10(18-16)5-3-9/h2-8,18H,16H2,1H3,(H,17,19). The van der Waals surface area contributed by atoms with Crippen LogP contribution in [0.1, 0.15) is 10.4 Å². The maximum atomic E-state index is 12.1. The molecule has 104 valence electrons. The van der Waals surface area contributed by atoms with Crippen LogP contribution in [-0.4, -0.2) is 13.0 Å². The van der Waals surface area contributed by atoms with Crippen LogP contribution < -0.4 is 21.3 Å². The van der Waals surface area contributed by atoms with Gasteiger partial charge in [-0.15, -0.1) is 0 Å². The summed E-state index contributed by atoms with van der Waals surface area (Å²) in [6.07, 6.45) is 0. The molecule has 2 aromatic rings. The normalized spacial score (nSPS) is 9.95. The molecule has 4 N–H and O–H groups in total. The van der Waals surface area contributed by atoms with E-state index in [9.17, 15) is 4.79 Å². The van der Waals surface area contributed by atoms with Crippen LogP contribution in [0, 0.1) is 0 Å². The monoisotopic (exact) mass is 291 g/mol. The average molecular weight is 292 g/mol. The lowest BCUT2D eigenvalue weighted by Gasteiger charge is -2.09. The van der Waals surface area contributed by atoms with E-state index < -0.39 is 0 Å². The zero-order valence-corrected chi connectivity index (χ0v) is 11.6. The van der Waals surface area contributed by atoms with Gasteiger partial charge in [-0.25, -0.2) is 0 Å². The molecule has 0 atom stereocenters. The molecule has 6 heteroatoms. The number of anilines is 2. The Labute approximate surface area is 121 Å². The fourth-order valence-electron chi connectivity index (χ4n) is 1.66. The molecule has 0 aromatic heterocycles. The van der Waals surface area contributed by atoms with Gasteiger partial charge < -0.3 is 15.5 Å². The third kappa shape index (κ3) is 3.20. The van der Waals surface area contributed by atoms with Crippen LogP contribution in [0.5, 0.6) is 5.75 Å². The van der Waals surface area contributed by atoms with E-state index in [-0.39, 0.29) is 5.91 Å². The molecule has 0 spiro atoms. The number of rotatable bonds is 4. The minimum Gasteiger partial charge on any atom is -0.495 e. The zero-order chi connectivity index (χ0) is 14.5. The van der Waals surface area contributed by atoms with Crippen molar-refractivity contribution in [2.75, 3.05) is 17.9 Å². The molecule has 0 radical (unpaired) electrons. The van der Waals surface area contributed by atoms with Crippen molar-refractivity contribution in [1.82, 2.24) is 0 Å². The summed E-state index contributed by atoms with van der Waals surface area (Å²) < 4.78 is 5.10. The number of nitrogens with two attached hydrogens (primary N) is 1. The highest BCUT2D eigenvalue weighted by Gasteiger charge is 2.08. The lowest BCUT2D eigenvalue weighted by atomic mass is 10.2. The van der Waals surface area contributed by atoms with Crippen molar-refractivity contribution < 1.29 is 9.53 Å². The molecule has 0 saturated heterocycles. The second-order valence-electron chi connectivity index (χ2n) is 4.03. The second kappa shape index (κ2) is 6.27. The Bertz CT molecular complexity index is 614. The van der Waals surface area contributed by atoms with Crippen LogP contribution in [0.3, 0.4) is 0 Å². The minimum absolute atomic E-state index is 0.224. The summed E-state index contributed by atoms with van der Waals surface area (Å²) in [4.78, 5) is 12.1. The second-order valence-corrected chi connectivity index (χ2v) is 4.43. The number of carbonyl (C=O) groups excluding carboxylic acids is 1. The molecule has 0 aliphatic rings. The molecule has 5 nitrogen and oxygen atoms in total. The summed E-state index contributed by atoms with van der Waals surface area (Å²) in [7, 11) is 1.52. The van der Waals surface area contributed by atoms with E-state index in [1.807, 2.05) is 0 Å². The summed E-state index contributed by atoms with van der Waals surface area (Å²) in [5.41, 5.74) is 4.37. The predicted octanol–water partition coefficient (Wildman–Crippen LogP) is 2.89. The van der Waals surface area contributed by atoms with E-state index >= 15 is 0 Å². The van der Waals surface area contributed by atoms with Gasteiger partial charge in [0.05, 0.1) is 12.1 Å². The Kier molecular flexibility index (Phi) is 4.45. The van der Waals surface area contributed by atoms with Crippen molar-refractivity contribution in [2.45, 2.75) is 0 Å². The quantitative estimate of drug-likeness (QED) is 0.598. The van der Waals surface area contributed by atoms with Crippen LogP contribution >= 0.6 is 11.6 Å². The first-order valence-corrected chi connectivity index (χ1v) is 6.23. The first kappa shape index (κ1) is 14.2. The van der Waals surface area contributed by atoms with E-state index in [0.717, 1.165) is 5.69 Å². The van der Waals surface area contributed by atoms with Gasteiger partial charge in [0, 0.05) is 23.0 Å². The molecule has 0 saturated carbocycles. The van der Waals surface area contributed by atoms with Crippen molar-refractivity contribution in [2.24, 2.45) is 5.84 Å². The number of halogens is 1. The Hall–Kier alpha value is -2.24. The van der Waals surface area contributed by atoms with Crippen LogP contribution in [0.4, 0.5) is 11.4 Å². The molecule has 0 bridgehead atoms. The van der Waals surface area contributed by atoms with Crippen LogP contribution in [0.2, 0.25) is 5.02 Å². The maximum absolute atomic E-state index is 12.1. The maximum Gasteiger partial charge on any atom is 0.255 e. The molecule has 1 amide bonds. The third-order valence-electron chi connectivity index (χ3n) is 2.72. The number of hydrazine groups is 1. The van der Waals surface area contributed by atoms with Crippen LogP contribution in [-0.2, 0) is 0 Å². The number of hydrogen-bond donors (Lipinski definition) is 3. The SMILES string of the molecule is COc1cc(NC(=O)c2ccc(NN)cc2)ccc1Cl. The highest BCUT2D eigenvalue weighted by molar-refractivity contribution is 6.32. The number of hydrogen-bond acceptors (Lipinski definition) is 4. The molecule has 0 aliphatic heterocycles. The number of amides is 1. The zero-order valence-electron chi connectivity index (χ0n) is 10.8. The summed E-state index contributed by atoms with van der Waals surface area (Å²) in [5.74, 6) is 5.55. The lowest BCUT2D eigenvalue weighted by molar-refractivity contribution is 0.102. The lowest BCUT2D eigenvalue weighted by Crippen LogP contribution is -2.12. The fourth-order valence-corrected chi connectivity index (χ4v) is 1.85. The Morgan fingerprint density at radius 3 is 2.40 bits per heavy atom. The van der Waals surface area contributed by atoms with Gasteiger partial charge in [0.25, 0.3) is 5.91 Å². The van der Waals surface area contributed by atoms with Crippen molar-refractivity contribution >= 4 is 28.9 Å². The minimum atomic E-state index is -0.224. The molecule has 0 unspecified atom stereocenters. The van der Waals surface area contributed by atoms with E-state index in [1.165, 1.54) is 7.11 Å². The van der Waals surface area contributed by atoms with E-state index in [0.29, 0.717) is 22.0 Å². The smallest absolute Gasteiger partial charge is 0.255 e. The Morgan fingerprint density at radius 1 is 1.15 bits per heavy atom.